The molecule has 1 atom stereocenters. The summed E-state index contributed by atoms with van der Waals surface area (Å²) in [6.45, 7) is 5.85. The van der Waals surface area contributed by atoms with E-state index in [0.717, 1.165) is 35.8 Å². The van der Waals surface area contributed by atoms with Gasteiger partial charge < -0.3 is 9.73 Å². The standard InChI is InChI=1S/C12H17BrN4O/c1-3-14-9(10-5-6-11(13)18-10)7-12-15-8-16-17(12)4-2/h5-6,8-9,14H,3-4,7H2,1-2H3. The van der Waals surface area contributed by atoms with E-state index in [1.807, 2.05) is 16.8 Å². The summed E-state index contributed by atoms with van der Waals surface area (Å²) in [5, 5.41) is 7.59. The van der Waals surface area contributed by atoms with Gasteiger partial charge in [0, 0.05) is 13.0 Å². The molecule has 0 fully saturated rings. The first kappa shape index (κ1) is 13.3. The van der Waals surface area contributed by atoms with Crippen LogP contribution in [0.4, 0.5) is 0 Å². The van der Waals surface area contributed by atoms with Gasteiger partial charge in [-0.05, 0) is 41.5 Å². The molecular formula is C12H17BrN4O. The summed E-state index contributed by atoms with van der Waals surface area (Å²) in [6, 6.07) is 4.00. The zero-order valence-electron chi connectivity index (χ0n) is 10.6. The third kappa shape index (κ3) is 3.00. The molecule has 2 aromatic heterocycles. The Kier molecular flexibility index (Phi) is 4.54. The van der Waals surface area contributed by atoms with E-state index in [1.54, 1.807) is 6.33 Å². The lowest BCUT2D eigenvalue weighted by Gasteiger charge is -2.15. The Balaban J connectivity index is 2.16. The van der Waals surface area contributed by atoms with Crippen LogP contribution in [0.5, 0.6) is 0 Å². The van der Waals surface area contributed by atoms with Crippen LogP contribution < -0.4 is 5.32 Å². The normalized spacial score (nSPS) is 12.8. The molecule has 5 nitrogen and oxygen atoms in total. The van der Waals surface area contributed by atoms with Crippen LogP contribution in [0.2, 0.25) is 0 Å². The molecule has 0 aliphatic heterocycles. The molecule has 18 heavy (non-hydrogen) atoms. The fourth-order valence-electron chi connectivity index (χ4n) is 1.93. The zero-order chi connectivity index (χ0) is 13.0. The molecule has 0 saturated carbocycles. The van der Waals surface area contributed by atoms with E-state index in [0.29, 0.717) is 0 Å². The summed E-state index contributed by atoms with van der Waals surface area (Å²) < 4.78 is 8.27. The smallest absolute Gasteiger partial charge is 0.169 e. The quantitative estimate of drug-likeness (QED) is 0.890. The van der Waals surface area contributed by atoms with Crippen molar-refractivity contribution in [1.29, 1.82) is 0 Å². The molecule has 0 saturated heterocycles. The number of nitrogens with zero attached hydrogens (tertiary/aromatic N) is 3. The van der Waals surface area contributed by atoms with E-state index in [1.165, 1.54) is 0 Å². The molecule has 2 aromatic rings. The number of aryl methyl sites for hydroxylation is 1. The Morgan fingerprint density at radius 2 is 2.28 bits per heavy atom. The number of aromatic nitrogens is 3. The molecule has 2 heterocycles. The molecule has 0 amide bonds. The average molecular weight is 313 g/mol. The molecule has 2 rings (SSSR count). The molecule has 0 bridgehead atoms. The van der Waals surface area contributed by atoms with Gasteiger partial charge in [-0.15, -0.1) is 0 Å². The first-order chi connectivity index (χ1) is 8.74. The number of furan rings is 1. The molecular weight excluding hydrogens is 296 g/mol. The zero-order valence-corrected chi connectivity index (χ0v) is 12.1. The van der Waals surface area contributed by atoms with Crippen LogP contribution in [0, 0.1) is 0 Å². The lowest BCUT2D eigenvalue weighted by atomic mass is 10.1. The maximum absolute atomic E-state index is 5.62. The summed E-state index contributed by atoms with van der Waals surface area (Å²) >= 11 is 3.33. The second-order valence-electron chi connectivity index (χ2n) is 3.95. The number of nitrogens with one attached hydrogen (secondary N) is 1. The molecule has 0 radical (unpaired) electrons. The minimum Gasteiger partial charge on any atom is -0.453 e. The van der Waals surface area contributed by atoms with Gasteiger partial charge in [0.25, 0.3) is 0 Å². The van der Waals surface area contributed by atoms with Crippen LogP contribution in [0.25, 0.3) is 0 Å². The maximum atomic E-state index is 5.62. The Hall–Kier alpha value is -1.14. The fraction of sp³-hybridized carbons (Fsp3) is 0.500. The largest absolute Gasteiger partial charge is 0.453 e. The predicted molar refractivity (Wildman–Crippen MR) is 72.2 cm³/mol. The Labute approximate surface area is 115 Å². The summed E-state index contributed by atoms with van der Waals surface area (Å²) in [5.74, 6) is 1.88. The number of likely N-dealkylation sites (N-methyl/N-ethyl adjacent to an activating group) is 1. The Morgan fingerprint density at radius 3 is 2.89 bits per heavy atom. The predicted octanol–water partition coefficient (Wildman–Crippen LogP) is 2.55. The van der Waals surface area contributed by atoms with Crippen molar-refractivity contribution >= 4 is 15.9 Å². The van der Waals surface area contributed by atoms with Crippen LogP contribution in [0.15, 0.2) is 27.5 Å². The molecule has 0 aromatic carbocycles. The molecule has 0 spiro atoms. The highest BCUT2D eigenvalue weighted by Gasteiger charge is 2.17. The lowest BCUT2D eigenvalue weighted by Crippen LogP contribution is -2.24. The van der Waals surface area contributed by atoms with E-state index in [9.17, 15) is 0 Å². The van der Waals surface area contributed by atoms with Crippen molar-refractivity contribution < 1.29 is 4.42 Å². The third-order valence-corrected chi connectivity index (χ3v) is 3.20. The van der Waals surface area contributed by atoms with Gasteiger partial charge in [0.15, 0.2) is 4.67 Å². The number of rotatable bonds is 6. The topological polar surface area (TPSA) is 55.9 Å². The summed E-state index contributed by atoms with van der Waals surface area (Å²) in [7, 11) is 0. The SMILES string of the molecule is CCNC(Cc1ncnn1CC)c1ccc(Br)o1. The first-order valence-electron chi connectivity index (χ1n) is 6.09. The monoisotopic (exact) mass is 312 g/mol. The lowest BCUT2D eigenvalue weighted by molar-refractivity contribution is 0.396. The van der Waals surface area contributed by atoms with Crippen molar-refractivity contribution in [3.8, 4) is 0 Å². The summed E-state index contributed by atoms with van der Waals surface area (Å²) in [6.07, 6.45) is 2.36. The van der Waals surface area contributed by atoms with Crippen molar-refractivity contribution in [3.63, 3.8) is 0 Å². The van der Waals surface area contributed by atoms with Gasteiger partial charge in [0.1, 0.15) is 17.9 Å². The summed E-state index contributed by atoms with van der Waals surface area (Å²) in [4.78, 5) is 4.30. The van der Waals surface area contributed by atoms with Crippen LogP contribution in [-0.2, 0) is 13.0 Å². The number of hydrogen-bond acceptors (Lipinski definition) is 4. The van der Waals surface area contributed by atoms with Crippen molar-refractivity contribution in [2.24, 2.45) is 0 Å². The van der Waals surface area contributed by atoms with E-state index >= 15 is 0 Å². The minimum atomic E-state index is 0.121. The highest BCUT2D eigenvalue weighted by atomic mass is 79.9. The summed E-state index contributed by atoms with van der Waals surface area (Å²) in [5.41, 5.74) is 0. The van der Waals surface area contributed by atoms with Gasteiger partial charge in [0.05, 0.1) is 6.04 Å². The van der Waals surface area contributed by atoms with Gasteiger partial charge >= 0.3 is 0 Å². The molecule has 0 aliphatic carbocycles. The molecule has 1 N–H and O–H groups in total. The highest BCUT2D eigenvalue weighted by molar-refractivity contribution is 9.10. The molecule has 6 heteroatoms. The average Bonchev–Trinajstić information content (AvgIpc) is 2.97. The minimum absolute atomic E-state index is 0.121. The van der Waals surface area contributed by atoms with Crippen LogP contribution in [-0.4, -0.2) is 21.3 Å². The van der Waals surface area contributed by atoms with E-state index in [4.69, 9.17) is 4.42 Å². The van der Waals surface area contributed by atoms with Crippen LogP contribution in [0.1, 0.15) is 31.5 Å². The van der Waals surface area contributed by atoms with Crippen LogP contribution >= 0.6 is 15.9 Å². The maximum Gasteiger partial charge on any atom is 0.169 e. The second-order valence-corrected chi connectivity index (χ2v) is 4.73. The fourth-order valence-corrected chi connectivity index (χ4v) is 2.25. The van der Waals surface area contributed by atoms with Crippen LogP contribution in [0.3, 0.4) is 0 Å². The number of halogens is 1. The van der Waals surface area contributed by atoms with Crippen molar-refractivity contribution in [2.75, 3.05) is 6.54 Å². The Bertz CT molecular complexity index is 494. The van der Waals surface area contributed by atoms with Gasteiger partial charge in [-0.25, -0.2) is 4.98 Å². The molecule has 98 valence electrons. The second kappa shape index (κ2) is 6.15. The van der Waals surface area contributed by atoms with Crippen molar-refractivity contribution in [2.45, 2.75) is 32.9 Å². The molecule has 0 aliphatic rings. The van der Waals surface area contributed by atoms with Gasteiger partial charge in [-0.2, -0.15) is 5.10 Å². The van der Waals surface area contributed by atoms with Crippen molar-refractivity contribution in [3.05, 3.63) is 34.7 Å². The highest BCUT2D eigenvalue weighted by Crippen LogP contribution is 2.22. The van der Waals surface area contributed by atoms with E-state index in [2.05, 4.69) is 45.2 Å². The van der Waals surface area contributed by atoms with E-state index in [-0.39, 0.29) is 6.04 Å². The van der Waals surface area contributed by atoms with Crippen molar-refractivity contribution in [1.82, 2.24) is 20.1 Å². The first-order valence-corrected chi connectivity index (χ1v) is 6.89. The van der Waals surface area contributed by atoms with Gasteiger partial charge in [-0.3, -0.25) is 4.68 Å². The van der Waals surface area contributed by atoms with Gasteiger partial charge in [-0.1, -0.05) is 6.92 Å². The van der Waals surface area contributed by atoms with E-state index < -0.39 is 0 Å². The third-order valence-electron chi connectivity index (χ3n) is 2.77. The molecule has 1 unspecified atom stereocenters. The Morgan fingerprint density at radius 1 is 1.44 bits per heavy atom. The number of hydrogen-bond donors (Lipinski definition) is 1. The van der Waals surface area contributed by atoms with Gasteiger partial charge in [0.2, 0.25) is 0 Å².